The lowest BCUT2D eigenvalue weighted by Crippen LogP contribution is -2.41. The van der Waals surface area contributed by atoms with Gasteiger partial charge in [-0.15, -0.1) is 0 Å². The molecule has 0 aliphatic carbocycles. The Morgan fingerprint density at radius 1 is 1.09 bits per heavy atom. The molecule has 0 saturated heterocycles. The Balaban J connectivity index is 2.12. The molecule has 3 nitrogen and oxygen atoms in total. The number of alkyl halides is 3. The van der Waals surface area contributed by atoms with Gasteiger partial charge in [0.25, 0.3) is 5.91 Å². The highest BCUT2D eigenvalue weighted by Crippen LogP contribution is 2.39. The second-order valence-corrected chi connectivity index (χ2v) is 8.10. The molecule has 1 atom stereocenters. The average molecular weight is 391 g/mol. The van der Waals surface area contributed by atoms with E-state index in [9.17, 15) is 4.79 Å². The van der Waals surface area contributed by atoms with E-state index in [-0.39, 0.29) is 5.91 Å². The summed E-state index contributed by atoms with van der Waals surface area (Å²) in [5.74, 6) is 0.338. The summed E-state index contributed by atoms with van der Waals surface area (Å²) in [6.07, 6.45) is 0. The van der Waals surface area contributed by atoms with Gasteiger partial charge < -0.3 is 10.1 Å². The van der Waals surface area contributed by atoms with E-state index >= 15 is 0 Å². The number of hydrogen-bond donors (Lipinski definition) is 1. The standard InChI is InChI=1S/C16H14Cl3NO2S/c1-22-12-9-7-11(8-10-12)14(21)20-15(16(17,18)19)23-13-5-3-2-4-6-13/h2-10,15H,1H3,(H,20,21)/t15-/m1/s1. The second-order valence-electron chi connectivity index (χ2n) is 4.55. The van der Waals surface area contributed by atoms with Crippen LogP contribution in [0.4, 0.5) is 0 Å². The SMILES string of the molecule is COc1ccc(C(=O)N[C@H](Sc2ccccc2)C(Cl)(Cl)Cl)cc1. The number of halogens is 3. The smallest absolute Gasteiger partial charge is 0.252 e. The molecular weight excluding hydrogens is 377 g/mol. The van der Waals surface area contributed by atoms with Gasteiger partial charge in [0.2, 0.25) is 3.79 Å². The first-order chi connectivity index (χ1) is 10.9. The highest BCUT2D eigenvalue weighted by Gasteiger charge is 2.35. The fourth-order valence-electron chi connectivity index (χ4n) is 1.76. The molecule has 2 aromatic carbocycles. The van der Waals surface area contributed by atoms with E-state index in [1.54, 1.807) is 31.4 Å². The van der Waals surface area contributed by atoms with Crippen molar-refractivity contribution in [3.63, 3.8) is 0 Å². The third-order valence-electron chi connectivity index (χ3n) is 2.91. The van der Waals surface area contributed by atoms with E-state index in [1.165, 1.54) is 11.8 Å². The Morgan fingerprint density at radius 3 is 2.22 bits per heavy atom. The van der Waals surface area contributed by atoms with Gasteiger partial charge in [0.15, 0.2) is 0 Å². The molecule has 0 fully saturated rings. The van der Waals surface area contributed by atoms with Crippen LogP contribution in [0.5, 0.6) is 5.75 Å². The third-order valence-corrected chi connectivity index (χ3v) is 5.20. The minimum atomic E-state index is -1.65. The minimum Gasteiger partial charge on any atom is -0.497 e. The fourth-order valence-corrected chi connectivity index (χ4v) is 3.21. The van der Waals surface area contributed by atoms with E-state index in [0.29, 0.717) is 11.3 Å². The quantitative estimate of drug-likeness (QED) is 0.448. The van der Waals surface area contributed by atoms with Crippen LogP contribution < -0.4 is 10.1 Å². The van der Waals surface area contributed by atoms with Crippen molar-refractivity contribution in [2.45, 2.75) is 14.1 Å². The molecule has 0 bridgehead atoms. The number of ether oxygens (including phenoxy) is 1. The number of methoxy groups -OCH3 is 1. The number of benzene rings is 2. The number of hydrogen-bond acceptors (Lipinski definition) is 3. The van der Waals surface area contributed by atoms with Gasteiger partial charge in [-0.3, -0.25) is 4.79 Å². The van der Waals surface area contributed by atoms with Crippen LogP contribution in [0.1, 0.15) is 10.4 Å². The first-order valence-corrected chi connectivity index (χ1v) is 8.65. The Kier molecular flexibility index (Phi) is 6.48. The predicted molar refractivity (Wildman–Crippen MR) is 96.8 cm³/mol. The van der Waals surface area contributed by atoms with Crippen LogP contribution in [0.25, 0.3) is 0 Å². The average Bonchev–Trinajstić information content (AvgIpc) is 2.54. The summed E-state index contributed by atoms with van der Waals surface area (Å²) >= 11 is 19.3. The second kappa shape index (κ2) is 8.15. The van der Waals surface area contributed by atoms with E-state index in [0.717, 1.165) is 4.90 Å². The van der Waals surface area contributed by atoms with Gasteiger partial charge in [-0.25, -0.2) is 0 Å². The Labute approximate surface area is 154 Å². The van der Waals surface area contributed by atoms with Gasteiger partial charge in [0, 0.05) is 10.5 Å². The zero-order valence-corrected chi connectivity index (χ0v) is 15.2. The van der Waals surface area contributed by atoms with Gasteiger partial charge in [-0.1, -0.05) is 64.8 Å². The fraction of sp³-hybridized carbons (Fsp3) is 0.188. The summed E-state index contributed by atoms with van der Waals surface area (Å²) in [6.45, 7) is 0. The van der Waals surface area contributed by atoms with Crippen molar-refractivity contribution in [1.29, 1.82) is 0 Å². The number of amides is 1. The third kappa shape index (κ3) is 5.50. The summed E-state index contributed by atoms with van der Waals surface area (Å²) in [5.41, 5.74) is 0.457. The summed E-state index contributed by atoms with van der Waals surface area (Å²) in [7, 11) is 1.56. The highest BCUT2D eigenvalue weighted by atomic mass is 35.6. The maximum Gasteiger partial charge on any atom is 0.252 e. The summed E-state index contributed by atoms with van der Waals surface area (Å²) < 4.78 is 3.41. The molecule has 0 aromatic heterocycles. The van der Waals surface area contributed by atoms with E-state index in [1.807, 2.05) is 30.3 Å². The molecule has 122 valence electrons. The topological polar surface area (TPSA) is 38.3 Å². The lowest BCUT2D eigenvalue weighted by atomic mass is 10.2. The number of carbonyl (C=O) groups excluding carboxylic acids is 1. The normalized spacial score (nSPS) is 12.5. The predicted octanol–water partition coefficient (Wildman–Crippen LogP) is 4.91. The molecule has 0 spiro atoms. The van der Waals surface area contributed by atoms with Crippen molar-refractivity contribution < 1.29 is 9.53 Å². The maximum atomic E-state index is 12.4. The number of carbonyl (C=O) groups is 1. The lowest BCUT2D eigenvalue weighted by molar-refractivity contribution is 0.0950. The largest absolute Gasteiger partial charge is 0.497 e. The van der Waals surface area contributed by atoms with E-state index in [2.05, 4.69) is 5.32 Å². The molecule has 23 heavy (non-hydrogen) atoms. The molecule has 1 N–H and O–H groups in total. The van der Waals surface area contributed by atoms with Crippen LogP contribution in [-0.2, 0) is 0 Å². The van der Waals surface area contributed by atoms with Crippen LogP contribution in [0.3, 0.4) is 0 Å². The van der Waals surface area contributed by atoms with Crippen LogP contribution in [0.15, 0.2) is 59.5 Å². The van der Waals surface area contributed by atoms with Gasteiger partial charge in [0.1, 0.15) is 11.1 Å². The Hall–Kier alpha value is -1.07. The molecule has 0 heterocycles. The number of nitrogens with one attached hydrogen (secondary N) is 1. The van der Waals surface area contributed by atoms with Crippen molar-refractivity contribution in [3.05, 3.63) is 60.2 Å². The first-order valence-electron chi connectivity index (χ1n) is 6.63. The van der Waals surface area contributed by atoms with Crippen LogP contribution >= 0.6 is 46.6 Å². The molecule has 0 unspecified atom stereocenters. The van der Waals surface area contributed by atoms with Crippen molar-refractivity contribution in [1.82, 2.24) is 5.32 Å². The molecule has 2 aromatic rings. The van der Waals surface area contributed by atoms with E-state index < -0.39 is 9.17 Å². The van der Waals surface area contributed by atoms with Gasteiger partial charge in [-0.2, -0.15) is 0 Å². The highest BCUT2D eigenvalue weighted by molar-refractivity contribution is 8.00. The van der Waals surface area contributed by atoms with Gasteiger partial charge >= 0.3 is 0 Å². The first kappa shape index (κ1) is 18.3. The monoisotopic (exact) mass is 389 g/mol. The molecular formula is C16H14Cl3NO2S. The Morgan fingerprint density at radius 2 is 1.70 bits per heavy atom. The van der Waals surface area contributed by atoms with Crippen molar-refractivity contribution >= 4 is 52.5 Å². The Bertz CT molecular complexity index is 645. The summed E-state index contributed by atoms with van der Waals surface area (Å²) in [5, 5.41) is 2.01. The summed E-state index contributed by atoms with van der Waals surface area (Å²) in [6, 6.07) is 16.1. The molecule has 0 aliphatic heterocycles. The van der Waals surface area contributed by atoms with Crippen LogP contribution in [0.2, 0.25) is 0 Å². The number of rotatable bonds is 5. The number of thioether (sulfide) groups is 1. The minimum absolute atomic E-state index is 0.326. The lowest BCUT2D eigenvalue weighted by Gasteiger charge is -2.25. The van der Waals surface area contributed by atoms with Crippen molar-refractivity contribution in [2.75, 3.05) is 7.11 Å². The van der Waals surface area contributed by atoms with Crippen molar-refractivity contribution in [3.8, 4) is 5.75 Å². The molecule has 2 rings (SSSR count). The van der Waals surface area contributed by atoms with Crippen LogP contribution in [0, 0.1) is 0 Å². The molecule has 0 aliphatic rings. The van der Waals surface area contributed by atoms with Crippen LogP contribution in [-0.4, -0.2) is 22.2 Å². The zero-order valence-electron chi connectivity index (χ0n) is 12.1. The van der Waals surface area contributed by atoms with Gasteiger partial charge in [0.05, 0.1) is 7.11 Å². The summed E-state index contributed by atoms with van der Waals surface area (Å²) in [4.78, 5) is 13.2. The maximum absolute atomic E-state index is 12.4. The molecule has 0 radical (unpaired) electrons. The zero-order chi connectivity index (χ0) is 16.9. The molecule has 0 saturated carbocycles. The van der Waals surface area contributed by atoms with Crippen molar-refractivity contribution in [2.24, 2.45) is 0 Å². The molecule has 7 heteroatoms. The molecule has 1 amide bonds. The van der Waals surface area contributed by atoms with E-state index in [4.69, 9.17) is 39.5 Å². The van der Waals surface area contributed by atoms with Gasteiger partial charge in [-0.05, 0) is 36.4 Å².